The zero-order chi connectivity index (χ0) is 16.8. The SMILES string of the molecule is Cn1nccc1CCNC1CC(NC(=O)OCc2ccccc2)C1. The highest BCUT2D eigenvalue weighted by Crippen LogP contribution is 2.20. The number of hydrogen-bond acceptors (Lipinski definition) is 4. The molecule has 0 radical (unpaired) electrons. The number of carbonyl (C=O) groups is 1. The minimum absolute atomic E-state index is 0.211. The summed E-state index contributed by atoms with van der Waals surface area (Å²) in [5.41, 5.74) is 2.22. The van der Waals surface area contributed by atoms with Gasteiger partial charge < -0.3 is 15.4 Å². The molecule has 6 heteroatoms. The molecule has 1 saturated carbocycles. The van der Waals surface area contributed by atoms with Gasteiger partial charge in [-0.15, -0.1) is 0 Å². The van der Waals surface area contributed by atoms with Crippen LogP contribution in [0.15, 0.2) is 42.6 Å². The molecule has 1 aliphatic carbocycles. The van der Waals surface area contributed by atoms with Crippen LogP contribution >= 0.6 is 0 Å². The molecule has 1 amide bonds. The normalized spacial score (nSPS) is 19.5. The van der Waals surface area contributed by atoms with Crippen LogP contribution in [0.5, 0.6) is 0 Å². The van der Waals surface area contributed by atoms with Gasteiger partial charge in [0.1, 0.15) is 6.61 Å². The summed E-state index contributed by atoms with van der Waals surface area (Å²) in [6, 6.07) is 12.4. The van der Waals surface area contributed by atoms with Crippen LogP contribution < -0.4 is 10.6 Å². The maximum atomic E-state index is 11.8. The molecular formula is C18H24N4O2. The molecule has 1 aliphatic rings. The maximum Gasteiger partial charge on any atom is 0.407 e. The van der Waals surface area contributed by atoms with Crippen LogP contribution in [0, 0.1) is 0 Å². The summed E-state index contributed by atoms with van der Waals surface area (Å²) < 4.78 is 7.13. The summed E-state index contributed by atoms with van der Waals surface area (Å²) in [5.74, 6) is 0. The number of aryl methyl sites for hydroxylation is 1. The smallest absolute Gasteiger partial charge is 0.407 e. The number of aromatic nitrogens is 2. The van der Waals surface area contributed by atoms with E-state index in [1.807, 2.05) is 54.3 Å². The Morgan fingerprint density at radius 3 is 2.75 bits per heavy atom. The van der Waals surface area contributed by atoms with Crippen molar-refractivity contribution in [2.24, 2.45) is 7.05 Å². The summed E-state index contributed by atoms with van der Waals surface area (Å²) in [7, 11) is 1.96. The Morgan fingerprint density at radius 2 is 2.04 bits per heavy atom. The summed E-state index contributed by atoms with van der Waals surface area (Å²) >= 11 is 0. The van der Waals surface area contributed by atoms with Crippen LogP contribution in [0.4, 0.5) is 4.79 Å². The molecule has 6 nitrogen and oxygen atoms in total. The lowest BCUT2D eigenvalue weighted by atomic mass is 9.87. The van der Waals surface area contributed by atoms with Crippen molar-refractivity contribution in [3.8, 4) is 0 Å². The van der Waals surface area contributed by atoms with Crippen LogP contribution in [-0.2, 0) is 24.8 Å². The fourth-order valence-electron chi connectivity index (χ4n) is 2.88. The van der Waals surface area contributed by atoms with Gasteiger partial charge in [0.25, 0.3) is 0 Å². The number of carbonyl (C=O) groups excluding carboxylic acids is 1. The van der Waals surface area contributed by atoms with Gasteiger partial charge in [0.15, 0.2) is 0 Å². The van der Waals surface area contributed by atoms with E-state index in [1.54, 1.807) is 0 Å². The van der Waals surface area contributed by atoms with Crippen molar-refractivity contribution in [2.75, 3.05) is 6.54 Å². The van der Waals surface area contributed by atoms with Crippen molar-refractivity contribution in [2.45, 2.75) is 38.0 Å². The Labute approximate surface area is 142 Å². The molecule has 2 N–H and O–H groups in total. The highest BCUT2D eigenvalue weighted by atomic mass is 16.5. The predicted octanol–water partition coefficient (Wildman–Crippen LogP) is 2.01. The number of ether oxygens (including phenoxy) is 1. The summed E-state index contributed by atoms with van der Waals surface area (Å²) in [4.78, 5) is 11.8. The Kier molecular flexibility index (Phi) is 5.48. The number of nitrogens with one attached hydrogen (secondary N) is 2. The first-order chi connectivity index (χ1) is 11.7. The molecule has 0 atom stereocenters. The van der Waals surface area contributed by atoms with E-state index >= 15 is 0 Å². The van der Waals surface area contributed by atoms with Crippen LogP contribution in [0.3, 0.4) is 0 Å². The van der Waals surface area contributed by atoms with E-state index < -0.39 is 0 Å². The molecule has 1 fully saturated rings. The second kappa shape index (κ2) is 7.97. The molecule has 3 rings (SSSR count). The predicted molar refractivity (Wildman–Crippen MR) is 91.5 cm³/mol. The average Bonchev–Trinajstić information content (AvgIpc) is 2.96. The number of alkyl carbamates (subject to hydrolysis) is 1. The van der Waals surface area contributed by atoms with Gasteiger partial charge in [0.05, 0.1) is 0 Å². The quantitative estimate of drug-likeness (QED) is 0.816. The van der Waals surface area contributed by atoms with Crippen LogP contribution in [0.1, 0.15) is 24.1 Å². The maximum absolute atomic E-state index is 11.8. The fraction of sp³-hybridized carbons (Fsp3) is 0.444. The van der Waals surface area contributed by atoms with E-state index in [9.17, 15) is 4.79 Å². The van der Waals surface area contributed by atoms with Crippen molar-refractivity contribution >= 4 is 6.09 Å². The van der Waals surface area contributed by atoms with Gasteiger partial charge in [-0.2, -0.15) is 5.10 Å². The van der Waals surface area contributed by atoms with Gasteiger partial charge >= 0.3 is 6.09 Å². The number of hydrogen-bond donors (Lipinski definition) is 2. The standard InChI is InChI=1S/C18H24N4O2/c1-22-17(8-10-20-22)7-9-19-15-11-16(12-15)21-18(23)24-13-14-5-3-2-4-6-14/h2-6,8,10,15-16,19H,7,9,11-13H2,1H3,(H,21,23). The molecule has 0 bridgehead atoms. The molecule has 2 aromatic rings. The van der Waals surface area contributed by atoms with Crippen molar-refractivity contribution < 1.29 is 9.53 Å². The van der Waals surface area contributed by atoms with E-state index in [1.165, 1.54) is 5.69 Å². The number of amides is 1. The van der Waals surface area contributed by atoms with E-state index in [0.717, 1.165) is 31.4 Å². The minimum Gasteiger partial charge on any atom is -0.445 e. The first-order valence-corrected chi connectivity index (χ1v) is 8.38. The third kappa shape index (κ3) is 4.58. The first kappa shape index (κ1) is 16.5. The summed E-state index contributed by atoms with van der Waals surface area (Å²) in [6.45, 7) is 1.24. The Hall–Kier alpha value is -2.34. The largest absolute Gasteiger partial charge is 0.445 e. The van der Waals surface area contributed by atoms with Gasteiger partial charge in [-0.3, -0.25) is 4.68 Å². The van der Waals surface area contributed by atoms with Gasteiger partial charge in [-0.1, -0.05) is 30.3 Å². The monoisotopic (exact) mass is 328 g/mol. The highest BCUT2D eigenvalue weighted by Gasteiger charge is 2.30. The fourth-order valence-corrected chi connectivity index (χ4v) is 2.88. The lowest BCUT2D eigenvalue weighted by Gasteiger charge is -2.36. The van der Waals surface area contributed by atoms with Crippen LogP contribution in [-0.4, -0.2) is 34.5 Å². The summed E-state index contributed by atoms with van der Waals surface area (Å²) in [6.07, 6.45) is 4.35. The molecule has 24 heavy (non-hydrogen) atoms. The molecule has 1 aromatic heterocycles. The first-order valence-electron chi connectivity index (χ1n) is 8.38. The molecule has 0 saturated heterocycles. The van der Waals surface area contributed by atoms with Crippen LogP contribution in [0.25, 0.3) is 0 Å². The van der Waals surface area contributed by atoms with E-state index in [2.05, 4.69) is 15.7 Å². The van der Waals surface area contributed by atoms with E-state index in [0.29, 0.717) is 12.6 Å². The molecule has 1 aromatic carbocycles. The Balaban J connectivity index is 1.27. The van der Waals surface area contributed by atoms with Gasteiger partial charge in [-0.25, -0.2) is 4.79 Å². The second-order valence-corrected chi connectivity index (χ2v) is 6.22. The third-order valence-electron chi connectivity index (χ3n) is 4.41. The molecule has 0 aliphatic heterocycles. The van der Waals surface area contributed by atoms with Crippen LogP contribution in [0.2, 0.25) is 0 Å². The third-order valence-corrected chi connectivity index (χ3v) is 4.41. The highest BCUT2D eigenvalue weighted by molar-refractivity contribution is 5.67. The molecule has 0 spiro atoms. The van der Waals surface area contributed by atoms with Gasteiger partial charge in [-0.05, 0) is 24.5 Å². The zero-order valence-corrected chi connectivity index (χ0v) is 13.9. The summed E-state index contributed by atoms with van der Waals surface area (Å²) in [5, 5.41) is 10.6. The lowest BCUT2D eigenvalue weighted by molar-refractivity contribution is 0.125. The van der Waals surface area contributed by atoms with Gasteiger partial charge in [0.2, 0.25) is 0 Å². The zero-order valence-electron chi connectivity index (χ0n) is 13.9. The number of rotatable bonds is 7. The van der Waals surface area contributed by atoms with Crippen molar-refractivity contribution in [1.29, 1.82) is 0 Å². The minimum atomic E-state index is -0.336. The second-order valence-electron chi connectivity index (χ2n) is 6.22. The van der Waals surface area contributed by atoms with Crippen molar-refractivity contribution in [3.63, 3.8) is 0 Å². The van der Waals surface area contributed by atoms with E-state index in [-0.39, 0.29) is 12.1 Å². The molecule has 1 heterocycles. The van der Waals surface area contributed by atoms with E-state index in [4.69, 9.17) is 4.74 Å². The average molecular weight is 328 g/mol. The van der Waals surface area contributed by atoms with Crippen molar-refractivity contribution in [3.05, 3.63) is 53.9 Å². The molecular weight excluding hydrogens is 304 g/mol. The molecule has 128 valence electrons. The Morgan fingerprint density at radius 1 is 1.25 bits per heavy atom. The van der Waals surface area contributed by atoms with Crippen molar-refractivity contribution in [1.82, 2.24) is 20.4 Å². The number of nitrogens with zero attached hydrogens (tertiary/aromatic N) is 2. The van der Waals surface area contributed by atoms with Gasteiger partial charge in [0, 0.05) is 44.0 Å². The lowest BCUT2D eigenvalue weighted by Crippen LogP contribution is -2.52. The number of benzene rings is 1. The molecule has 0 unspecified atom stereocenters. The Bertz CT molecular complexity index is 650. The topological polar surface area (TPSA) is 68.2 Å².